The van der Waals surface area contributed by atoms with Crippen molar-refractivity contribution in [3.63, 3.8) is 0 Å². The summed E-state index contributed by atoms with van der Waals surface area (Å²) in [5.41, 5.74) is 0. The fourth-order valence-electron chi connectivity index (χ4n) is 0.935. The molecule has 0 rings (SSSR count). The summed E-state index contributed by atoms with van der Waals surface area (Å²) in [6.45, 7) is 8.96. The predicted octanol–water partition coefficient (Wildman–Crippen LogP) is 2.03. The van der Waals surface area contributed by atoms with Crippen LogP contribution in [0.1, 0.15) is 27.7 Å². The third kappa shape index (κ3) is 15.1. The molecule has 2 nitrogen and oxygen atoms in total. The van der Waals surface area contributed by atoms with Gasteiger partial charge in [-0.3, -0.25) is 0 Å². The van der Waals surface area contributed by atoms with Gasteiger partial charge in [0.1, 0.15) is 0 Å². The van der Waals surface area contributed by atoms with E-state index in [-0.39, 0.29) is 5.75 Å². The predicted molar refractivity (Wildman–Crippen MR) is 65.2 cm³/mol. The Morgan fingerprint density at radius 3 is 1.64 bits per heavy atom. The van der Waals surface area contributed by atoms with Crippen molar-refractivity contribution in [1.29, 1.82) is 0 Å². The van der Waals surface area contributed by atoms with Crippen LogP contribution in [0.25, 0.3) is 0 Å². The third-order valence-corrected chi connectivity index (χ3v) is 11.3. The van der Waals surface area contributed by atoms with Crippen molar-refractivity contribution in [3.05, 3.63) is 0 Å². The van der Waals surface area contributed by atoms with Gasteiger partial charge in [-0.1, -0.05) is 6.92 Å². The molecule has 0 aliphatic heterocycles. The minimum atomic E-state index is -0.980. The number of carbonyl (C=O) groups excluding carboxylic acids is 1. The molecule has 84 valence electrons. The summed E-state index contributed by atoms with van der Waals surface area (Å²) in [7, 11) is 0. The topological polar surface area (TPSA) is 40.1 Å². The van der Waals surface area contributed by atoms with E-state index >= 15 is 0 Å². The van der Waals surface area contributed by atoms with Gasteiger partial charge in [-0.2, -0.15) is 11.8 Å². The average Bonchev–Trinajstić information content (AvgIpc) is 2.18. The minimum absolute atomic E-state index is 0.122. The SMILES string of the molecule is CCSCC(=O)[O-].C[CH2][Sn+]([CH2]C)[CH2]C. The van der Waals surface area contributed by atoms with Crippen molar-refractivity contribution >= 4 is 37.5 Å². The second-order valence-electron chi connectivity index (χ2n) is 2.82. The van der Waals surface area contributed by atoms with E-state index in [1.807, 2.05) is 6.92 Å². The summed E-state index contributed by atoms with van der Waals surface area (Å²) in [5, 5.41) is 9.63. The van der Waals surface area contributed by atoms with E-state index in [9.17, 15) is 9.90 Å². The van der Waals surface area contributed by atoms with Gasteiger partial charge in [-0.05, 0) is 5.75 Å². The first-order valence-electron chi connectivity index (χ1n) is 5.23. The first-order valence-corrected chi connectivity index (χ1v) is 12.4. The van der Waals surface area contributed by atoms with Crippen LogP contribution in [0.15, 0.2) is 0 Å². The van der Waals surface area contributed by atoms with Gasteiger partial charge in [0.2, 0.25) is 0 Å². The molecule has 0 saturated carbocycles. The molecular weight excluding hydrogens is 303 g/mol. The molecule has 14 heavy (non-hydrogen) atoms. The van der Waals surface area contributed by atoms with Gasteiger partial charge in [0, 0.05) is 5.75 Å². The van der Waals surface area contributed by atoms with Gasteiger partial charge in [-0.15, -0.1) is 0 Å². The second kappa shape index (κ2) is 13.6. The van der Waals surface area contributed by atoms with Crippen LogP contribution in [-0.4, -0.2) is 37.2 Å². The molecule has 0 spiro atoms. The van der Waals surface area contributed by atoms with Crippen LogP contribution in [0.3, 0.4) is 0 Å². The molecule has 0 aromatic carbocycles. The Bertz CT molecular complexity index is 122. The van der Waals surface area contributed by atoms with Crippen molar-refractivity contribution in [2.75, 3.05) is 11.5 Å². The fourth-order valence-corrected chi connectivity index (χ4v) is 5.59. The number of rotatable bonds is 6. The second-order valence-corrected chi connectivity index (χ2v) is 14.4. The van der Waals surface area contributed by atoms with Crippen LogP contribution in [0.5, 0.6) is 0 Å². The summed E-state index contributed by atoms with van der Waals surface area (Å²) in [4.78, 5) is 9.63. The average molecular weight is 325 g/mol. The number of hydrogen-bond acceptors (Lipinski definition) is 3. The van der Waals surface area contributed by atoms with Gasteiger partial charge in [0.15, 0.2) is 0 Å². The molecule has 0 atom stereocenters. The molecule has 0 radical (unpaired) electrons. The first kappa shape index (κ1) is 17.0. The number of carboxylic acids is 1. The third-order valence-electron chi connectivity index (χ3n) is 1.92. The molecule has 4 heteroatoms. The van der Waals surface area contributed by atoms with E-state index in [0.717, 1.165) is 5.75 Å². The Morgan fingerprint density at radius 2 is 1.57 bits per heavy atom. The van der Waals surface area contributed by atoms with Crippen LogP contribution >= 0.6 is 11.8 Å². The van der Waals surface area contributed by atoms with Crippen molar-refractivity contribution in [1.82, 2.24) is 0 Å². The van der Waals surface area contributed by atoms with Crippen molar-refractivity contribution in [2.24, 2.45) is 0 Å². The zero-order valence-corrected chi connectivity index (χ0v) is 13.4. The van der Waals surface area contributed by atoms with Gasteiger partial charge < -0.3 is 9.90 Å². The first-order chi connectivity index (χ1) is 6.62. The molecule has 0 unspecified atom stereocenters. The Balaban J connectivity index is 0. The summed E-state index contributed by atoms with van der Waals surface area (Å²) in [6.07, 6.45) is 0. The van der Waals surface area contributed by atoms with Crippen LogP contribution in [-0.2, 0) is 4.79 Å². The molecule has 0 aliphatic carbocycles. The van der Waals surface area contributed by atoms with Crippen molar-refractivity contribution in [2.45, 2.75) is 41.0 Å². The Morgan fingerprint density at radius 1 is 1.14 bits per heavy atom. The quantitative estimate of drug-likeness (QED) is 0.702. The maximum atomic E-state index is 9.63. The van der Waals surface area contributed by atoms with E-state index < -0.39 is 25.7 Å². The van der Waals surface area contributed by atoms with Crippen molar-refractivity contribution in [3.8, 4) is 0 Å². The molecular formula is C10H22O2SSn. The number of aliphatic carboxylic acids is 1. The molecule has 0 aromatic rings. The molecule has 0 heterocycles. The van der Waals surface area contributed by atoms with E-state index in [0.29, 0.717) is 0 Å². The Kier molecular flexibility index (Phi) is 16.6. The zero-order valence-electron chi connectivity index (χ0n) is 9.76. The Hall–Kier alpha value is 0.619. The maximum absolute atomic E-state index is 9.63. The fraction of sp³-hybridized carbons (Fsp3) is 0.900. The molecule has 0 bridgehead atoms. The summed E-state index contributed by atoms with van der Waals surface area (Å²) < 4.78 is 4.65. The molecule has 0 saturated heterocycles. The van der Waals surface area contributed by atoms with Crippen LogP contribution < -0.4 is 5.11 Å². The molecule has 0 aromatic heterocycles. The molecule has 0 fully saturated rings. The van der Waals surface area contributed by atoms with Gasteiger partial charge >= 0.3 is 53.8 Å². The normalized spacial score (nSPS) is 8.86. The monoisotopic (exact) mass is 326 g/mol. The van der Waals surface area contributed by atoms with Crippen LogP contribution in [0.2, 0.25) is 13.3 Å². The number of carbonyl (C=O) groups is 1. The van der Waals surface area contributed by atoms with E-state index in [2.05, 4.69) is 20.8 Å². The summed E-state index contributed by atoms with van der Waals surface area (Å²) in [5.74, 6) is -0.0170. The number of hydrogen-bond donors (Lipinski definition) is 0. The number of thioether (sulfide) groups is 1. The van der Waals surface area contributed by atoms with Gasteiger partial charge in [0.25, 0.3) is 0 Å². The van der Waals surface area contributed by atoms with E-state index in [4.69, 9.17) is 0 Å². The van der Waals surface area contributed by atoms with Gasteiger partial charge in [0.05, 0.1) is 5.97 Å². The van der Waals surface area contributed by atoms with E-state index in [1.165, 1.54) is 11.8 Å². The molecule has 0 aliphatic rings. The van der Waals surface area contributed by atoms with Crippen LogP contribution in [0.4, 0.5) is 0 Å². The zero-order chi connectivity index (χ0) is 11.4. The summed E-state index contributed by atoms with van der Waals surface area (Å²) in [6, 6.07) is 0. The molecule has 0 amide bonds. The summed E-state index contributed by atoms with van der Waals surface area (Å²) >= 11 is 0.701. The standard InChI is InChI=1S/C4H8O2S.3C2H5.Sn/c1-2-7-3-4(5)6;3*1-2;/h2-3H2,1H3,(H,5,6);3*1H2,2H3;/q;;;;+1/p-1. The Labute approximate surface area is 99.6 Å². The van der Waals surface area contributed by atoms with Crippen LogP contribution in [0, 0.1) is 0 Å². The number of carboxylic acid groups (broad SMARTS) is 1. The van der Waals surface area contributed by atoms with E-state index in [1.54, 1.807) is 13.3 Å². The van der Waals surface area contributed by atoms with Gasteiger partial charge in [-0.25, -0.2) is 0 Å². The molecule has 0 N–H and O–H groups in total. The van der Waals surface area contributed by atoms with Crippen molar-refractivity contribution < 1.29 is 9.90 Å².